The van der Waals surface area contributed by atoms with Gasteiger partial charge in [0.1, 0.15) is 35.6 Å². The fourth-order valence-electron chi connectivity index (χ4n) is 4.91. The summed E-state index contributed by atoms with van der Waals surface area (Å²) in [7, 11) is 0. The van der Waals surface area contributed by atoms with Crippen LogP contribution in [0.15, 0.2) is 59.6 Å². The van der Waals surface area contributed by atoms with Gasteiger partial charge in [0.2, 0.25) is 5.91 Å². The van der Waals surface area contributed by atoms with Crippen LogP contribution in [0.1, 0.15) is 72.0 Å². The number of esters is 1. The molecule has 1 atom stereocenters. The summed E-state index contributed by atoms with van der Waals surface area (Å²) in [6.45, 7) is 11.4. The van der Waals surface area contributed by atoms with Gasteiger partial charge < -0.3 is 20.1 Å². The molecule has 2 aromatic heterocycles. The van der Waals surface area contributed by atoms with Gasteiger partial charge in [0.25, 0.3) is 0 Å². The van der Waals surface area contributed by atoms with Crippen molar-refractivity contribution in [2.24, 2.45) is 4.99 Å². The number of carbonyl (C=O) groups excluding carboxylic acids is 3. The van der Waals surface area contributed by atoms with E-state index in [0.717, 1.165) is 32.1 Å². The third-order valence-corrected chi connectivity index (χ3v) is 8.26. The van der Waals surface area contributed by atoms with Crippen LogP contribution in [0, 0.1) is 20.8 Å². The van der Waals surface area contributed by atoms with Crippen molar-refractivity contribution in [1.82, 2.24) is 20.1 Å². The molecule has 2 N–H and O–H groups in total. The van der Waals surface area contributed by atoms with E-state index in [-0.39, 0.29) is 25.5 Å². The minimum absolute atomic E-state index is 0.000792. The molecule has 4 aromatic rings. The smallest absolute Gasteiger partial charge is 0.407 e. The number of aryl methyl sites for hydroxylation is 2. The van der Waals surface area contributed by atoms with Crippen LogP contribution in [0.2, 0.25) is 0 Å². The Hall–Kier alpha value is -4.84. The third-order valence-electron chi connectivity index (χ3n) is 7.07. The predicted molar refractivity (Wildman–Crippen MR) is 172 cm³/mol. The summed E-state index contributed by atoms with van der Waals surface area (Å²) in [5.74, 6) is 0.503. The van der Waals surface area contributed by atoms with Crippen molar-refractivity contribution >= 4 is 40.7 Å². The molecule has 1 aliphatic heterocycles. The second kappa shape index (κ2) is 13.0. The zero-order valence-corrected chi connectivity index (χ0v) is 26.9. The van der Waals surface area contributed by atoms with Gasteiger partial charge in [0.05, 0.1) is 12.1 Å². The van der Waals surface area contributed by atoms with Gasteiger partial charge in [-0.05, 0) is 64.8 Å². The number of hydrogen-bond acceptors (Lipinski definition) is 9. The van der Waals surface area contributed by atoms with Crippen LogP contribution in [0.25, 0.3) is 5.00 Å². The van der Waals surface area contributed by atoms with Crippen LogP contribution in [0.3, 0.4) is 0 Å². The Morgan fingerprint density at radius 2 is 1.69 bits per heavy atom. The highest BCUT2D eigenvalue weighted by Crippen LogP contribution is 2.39. The van der Waals surface area contributed by atoms with Crippen molar-refractivity contribution in [3.63, 3.8) is 0 Å². The Morgan fingerprint density at radius 3 is 2.38 bits per heavy atom. The molecule has 0 spiro atoms. The molecule has 11 nitrogen and oxygen atoms in total. The van der Waals surface area contributed by atoms with E-state index in [1.54, 1.807) is 23.5 Å². The molecule has 12 heteroatoms. The van der Waals surface area contributed by atoms with Gasteiger partial charge in [-0.15, -0.1) is 21.5 Å². The molecule has 0 aliphatic carbocycles. The van der Waals surface area contributed by atoms with Crippen molar-refractivity contribution in [1.29, 1.82) is 0 Å². The zero-order valence-electron chi connectivity index (χ0n) is 26.1. The van der Waals surface area contributed by atoms with Crippen LogP contribution in [-0.4, -0.2) is 50.6 Å². The number of carbonyl (C=O) groups is 3. The van der Waals surface area contributed by atoms with Crippen LogP contribution in [0.4, 0.5) is 10.5 Å². The minimum Gasteiger partial charge on any atom is -0.460 e. The molecular formula is C33H36N6O5S. The van der Waals surface area contributed by atoms with Gasteiger partial charge in [-0.1, -0.05) is 42.5 Å². The van der Waals surface area contributed by atoms with Gasteiger partial charge >= 0.3 is 12.1 Å². The summed E-state index contributed by atoms with van der Waals surface area (Å²) in [6, 6.07) is 16.0. The average Bonchev–Trinajstić information content (AvgIpc) is 3.47. The fraction of sp³-hybridized carbons (Fsp3) is 0.333. The molecule has 0 radical (unpaired) electrons. The maximum atomic E-state index is 13.0. The Balaban J connectivity index is 1.34. The van der Waals surface area contributed by atoms with Crippen LogP contribution in [-0.2, 0) is 25.7 Å². The first-order valence-corrected chi connectivity index (χ1v) is 15.4. The summed E-state index contributed by atoms with van der Waals surface area (Å²) in [4.78, 5) is 43.8. The first-order chi connectivity index (χ1) is 21.4. The Morgan fingerprint density at radius 1 is 0.978 bits per heavy atom. The topological polar surface area (TPSA) is 137 Å². The van der Waals surface area contributed by atoms with Gasteiger partial charge in [-0.2, -0.15) is 0 Å². The average molecular weight is 629 g/mol. The Bertz CT molecular complexity index is 1750. The van der Waals surface area contributed by atoms with Crippen LogP contribution >= 0.6 is 11.3 Å². The highest BCUT2D eigenvalue weighted by Gasteiger charge is 2.33. The fourth-order valence-corrected chi connectivity index (χ4v) is 6.12. The maximum absolute atomic E-state index is 13.0. The van der Waals surface area contributed by atoms with E-state index in [2.05, 4.69) is 34.7 Å². The van der Waals surface area contributed by atoms with E-state index in [1.165, 1.54) is 0 Å². The standard InChI is InChI=1S/C33H36N6O5S/c1-19-20(2)45-31-28(19)29(36-25(16-27(41)44-33(4,5)6)30-38-37-21(3)39(30)31)23-12-14-24(15-13-23)35-26(40)17-34-32(42)43-18-22-10-8-7-9-11-22/h7-15,25H,16-18H2,1-6H3,(H,34,42)(H,35,40)/t25-/m0/s1. The third kappa shape index (κ3) is 7.46. The second-order valence-corrected chi connectivity index (χ2v) is 12.9. The van der Waals surface area contributed by atoms with Gasteiger partial charge in [0.15, 0.2) is 5.82 Å². The first-order valence-electron chi connectivity index (χ1n) is 14.6. The lowest BCUT2D eigenvalue weighted by Crippen LogP contribution is -2.33. The molecule has 0 saturated carbocycles. The quantitative estimate of drug-likeness (QED) is 0.237. The van der Waals surface area contributed by atoms with E-state index in [0.29, 0.717) is 23.0 Å². The Labute approximate surface area is 265 Å². The summed E-state index contributed by atoms with van der Waals surface area (Å²) in [6.07, 6.45) is -0.680. The molecule has 0 fully saturated rings. The van der Waals surface area contributed by atoms with E-state index in [1.807, 2.05) is 74.7 Å². The largest absolute Gasteiger partial charge is 0.460 e. The number of amides is 2. The van der Waals surface area contributed by atoms with Crippen LogP contribution < -0.4 is 10.6 Å². The molecule has 234 valence electrons. The van der Waals surface area contributed by atoms with Crippen LogP contribution in [0.5, 0.6) is 0 Å². The van der Waals surface area contributed by atoms with Crippen molar-refractivity contribution in [2.45, 2.75) is 66.2 Å². The monoisotopic (exact) mass is 628 g/mol. The number of ether oxygens (including phenoxy) is 2. The summed E-state index contributed by atoms with van der Waals surface area (Å²) in [5, 5.41) is 15.0. The highest BCUT2D eigenvalue weighted by molar-refractivity contribution is 7.15. The number of rotatable bonds is 8. The van der Waals surface area contributed by atoms with E-state index in [9.17, 15) is 14.4 Å². The SMILES string of the molecule is Cc1sc2c(c1C)C(c1ccc(NC(=O)CNC(=O)OCc3ccccc3)cc1)=N[C@@H](CC(=O)OC(C)(C)C)c1nnc(C)n1-2. The molecule has 2 amide bonds. The number of alkyl carbamates (subject to hydrolysis) is 1. The lowest BCUT2D eigenvalue weighted by atomic mass is 9.99. The van der Waals surface area contributed by atoms with E-state index < -0.39 is 23.6 Å². The van der Waals surface area contributed by atoms with Gasteiger partial charge in [-0.3, -0.25) is 19.1 Å². The van der Waals surface area contributed by atoms with Crippen molar-refractivity contribution in [2.75, 3.05) is 11.9 Å². The first kappa shape index (κ1) is 31.6. The Kier molecular flexibility index (Phi) is 9.14. The molecule has 0 bridgehead atoms. The molecule has 0 unspecified atom stereocenters. The molecule has 3 heterocycles. The van der Waals surface area contributed by atoms with Crippen molar-refractivity contribution in [3.05, 3.63) is 93.4 Å². The lowest BCUT2D eigenvalue weighted by Gasteiger charge is -2.21. The number of nitrogens with one attached hydrogen (secondary N) is 2. The second-order valence-electron chi connectivity index (χ2n) is 11.7. The highest BCUT2D eigenvalue weighted by atomic mass is 32.1. The number of aliphatic imine (C=N–C) groups is 1. The molecule has 0 saturated heterocycles. The lowest BCUT2D eigenvalue weighted by molar-refractivity contribution is -0.155. The summed E-state index contributed by atoms with van der Waals surface area (Å²) < 4.78 is 12.8. The number of fused-ring (bicyclic) bond motifs is 3. The molecule has 5 rings (SSSR count). The molecule has 1 aliphatic rings. The summed E-state index contributed by atoms with van der Waals surface area (Å²) in [5.41, 5.74) is 4.31. The number of aromatic nitrogens is 3. The van der Waals surface area contributed by atoms with Gasteiger partial charge in [0, 0.05) is 21.7 Å². The van der Waals surface area contributed by atoms with Crippen molar-refractivity contribution < 1.29 is 23.9 Å². The number of nitrogens with zero attached hydrogens (tertiary/aromatic N) is 4. The molecular weight excluding hydrogens is 592 g/mol. The number of thiophene rings is 1. The van der Waals surface area contributed by atoms with E-state index in [4.69, 9.17) is 14.5 Å². The maximum Gasteiger partial charge on any atom is 0.407 e. The van der Waals surface area contributed by atoms with E-state index >= 15 is 0 Å². The number of hydrogen-bond donors (Lipinski definition) is 2. The number of anilines is 1. The molecule has 45 heavy (non-hydrogen) atoms. The van der Waals surface area contributed by atoms with Crippen molar-refractivity contribution in [3.8, 4) is 5.00 Å². The summed E-state index contributed by atoms with van der Waals surface area (Å²) >= 11 is 1.63. The molecule has 2 aromatic carbocycles. The number of benzene rings is 2. The van der Waals surface area contributed by atoms with Gasteiger partial charge in [-0.25, -0.2) is 4.79 Å². The minimum atomic E-state index is -0.681. The predicted octanol–water partition coefficient (Wildman–Crippen LogP) is 5.74. The normalized spacial score (nSPS) is 14.0. The zero-order chi connectivity index (χ0) is 32.3.